The quantitative estimate of drug-likeness (QED) is 0.563. The third kappa shape index (κ3) is 4.54. The fourth-order valence-electron chi connectivity index (χ4n) is 3.50. The zero-order valence-electron chi connectivity index (χ0n) is 17.6. The molecule has 3 aromatic rings. The van der Waals surface area contributed by atoms with Gasteiger partial charge in [0, 0.05) is 25.8 Å². The van der Waals surface area contributed by atoms with E-state index in [-0.39, 0.29) is 11.5 Å². The Morgan fingerprint density at radius 1 is 1.27 bits per heavy atom. The second-order valence-electron chi connectivity index (χ2n) is 7.11. The number of carboxylic acids is 1. The van der Waals surface area contributed by atoms with Gasteiger partial charge in [-0.15, -0.1) is 11.3 Å². The number of aromatic nitrogens is 2. The standard InChI is InChI=1S/C22H26N4O3S/c1-5-26-15(3)17(14(2)24-26)10-11-25(4)19-9-8-16(22(28)29)13-18(19)23-21(27)20-7-6-12-30-20/h6-9,12-13H,5,10-11H2,1-4H3,(H,23,27)(H,28,29). The van der Waals surface area contributed by atoms with Crippen LogP contribution in [0.1, 0.15) is 43.9 Å². The van der Waals surface area contributed by atoms with Gasteiger partial charge in [-0.2, -0.15) is 5.10 Å². The Hall–Kier alpha value is -3.13. The van der Waals surface area contributed by atoms with Gasteiger partial charge < -0.3 is 15.3 Å². The van der Waals surface area contributed by atoms with Crippen molar-refractivity contribution < 1.29 is 14.7 Å². The Bertz CT molecular complexity index is 1060. The largest absolute Gasteiger partial charge is 0.478 e. The van der Waals surface area contributed by atoms with Crippen LogP contribution in [0.3, 0.4) is 0 Å². The number of benzene rings is 1. The lowest BCUT2D eigenvalue weighted by Gasteiger charge is -2.23. The molecule has 0 atom stereocenters. The van der Waals surface area contributed by atoms with Crippen molar-refractivity contribution in [3.63, 3.8) is 0 Å². The molecular weight excluding hydrogens is 400 g/mol. The summed E-state index contributed by atoms with van der Waals surface area (Å²) in [5.41, 5.74) is 4.78. The zero-order chi connectivity index (χ0) is 21.8. The van der Waals surface area contributed by atoms with Gasteiger partial charge >= 0.3 is 5.97 Å². The maximum absolute atomic E-state index is 12.6. The minimum Gasteiger partial charge on any atom is -0.478 e. The van der Waals surface area contributed by atoms with E-state index in [9.17, 15) is 14.7 Å². The van der Waals surface area contributed by atoms with E-state index in [1.165, 1.54) is 23.0 Å². The van der Waals surface area contributed by atoms with Crippen LogP contribution >= 0.6 is 11.3 Å². The molecule has 158 valence electrons. The first kappa shape index (κ1) is 21.6. The first-order valence-corrected chi connectivity index (χ1v) is 10.7. The Morgan fingerprint density at radius 2 is 2.03 bits per heavy atom. The molecule has 0 aliphatic carbocycles. The van der Waals surface area contributed by atoms with Crippen LogP contribution in [0.2, 0.25) is 0 Å². The highest BCUT2D eigenvalue weighted by Gasteiger charge is 2.17. The van der Waals surface area contributed by atoms with Crippen molar-refractivity contribution in [2.45, 2.75) is 33.7 Å². The van der Waals surface area contributed by atoms with Crippen LogP contribution in [0.25, 0.3) is 0 Å². The first-order chi connectivity index (χ1) is 14.3. The number of hydrogen-bond donors (Lipinski definition) is 2. The van der Waals surface area contributed by atoms with Gasteiger partial charge in [-0.05, 0) is 62.4 Å². The van der Waals surface area contributed by atoms with Gasteiger partial charge in [0.1, 0.15) is 0 Å². The average Bonchev–Trinajstić information content (AvgIpc) is 3.34. The number of carbonyl (C=O) groups is 2. The highest BCUT2D eigenvalue weighted by Crippen LogP contribution is 2.28. The second kappa shape index (κ2) is 9.13. The monoisotopic (exact) mass is 426 g/mol. The number of anilines is 2. The lowest BCUT2D eigenvalue weighted by Crippen LogP contribution is -2.23. The molecule has 8 heteroatoms. The fourth-order valence-corrected chi connectivity index (χ4v) is 4.12. The molecule has 30 heavy (non-hydrogen) atoms. The van der Waals surface area contributed by atoms with Gasteiger partial charge in [0.25, 0.3) is 5.91 Å². The summed E-state index contributed by atoms with van der Waals surface area (Å²) in [7, 11) is 1.94. The molecule has 0 spiro atoms. The Labute approximate surface area is 180 Å². The highest BCUT2D eigenvalue weighted by molar-refractivity contribution is 7.12. The summed E-state index contributed by atoms with van der Waals surface area (Å²) in [6.45, 7) is 7.70. The number of carbonyl (C=O) groups excluding carboxylic acids is 1. The second-order valence-corrected chi connectivity index (χ2v) is 8.05. The molecule has 0 aliphatic heterocycles. The van der Waals surface area contributed by atoms with Crippen LogP contribution in [-0.4, -0.2) is 40.4 Å². The van der Waals surface area contributed by atoms with E-state index in [1.54, 1.807) is 24.3 Å². The molecule has 7 nitrogen and oxygen atoms in total. The maximum Gasteiger partial charge on any atom is 0.335 e. The van der Waals surface area contributed by atoms with Crippen LogP contribution < -0.4 is 10.2 Å². The number of amides is 1. The number of likely N-dealkylation sites (N-methyl/N-ethyl adjacent to an activating group) is 1. The summed E-state index contributed by atoms with van der Waals surface area (Å²) in [4.78, 5) is 26.6. The van der Waals surface area contributed by atoms with E-state index in [2.05, 4.69) is 24.3 Å². The third-order valence-electron chi connectivity index (χ3n) is 5.18. The van der Waals surface area contributed by atoms with Crippen molar-refractivity contribution in [3.05, 3.63) is 63.1 Å². The van der Waals surface area contributed by atoms with E-state index in [0.29, 0.717) is 17.1 Å². The Morgan fingerprint density at radius 3 is 2.63 bits per heavy atom. The van der Waals surface area contributed by atoms with Crippen molar-refractivity contribution in [1.29, 1.82) is 0 Å². The average molecular weight is 427 g/mol. The summed E-state index contributed by atoms with van der Waals surface area (Å²) in [6, 6.07) is 8.34. The molecule has 2 aromatic heterocycles. The number of hydrogen-bond acceptors (Lipinski definition) is 5. The van der Waals surface area contributed by atoms with E-state index in [1.807, 2.05) is 28.9 Å². The Kier molecular flexibility index (Phi) is 6.56. The number of nitrogens with zero attached hydrogens (tertiary/aromatic N) is 3. The molecule has 0 aliphatic rings. The summed E-state index contributed by atoms with van der Waals surface area (Å²) >= 11 is 1.34. The predicted octanol–water partition coefficient (Wildman–Crippen LogP) is 4.21. The van der Waals surface area contributed by atoms with E-state index in [0.717, 1.165) is 30.0 Å². The molecule has 0 saturated heterocycles. The van der Waals surface area contributed by atoms with Crippen LogP contribution in [0, 0.1) is 13.8 Å². The van der Waals surface area contributed by atoms with Gasteiger partial charge in [0.15, 0.2) is 0 Å². The number of carboxylic acid groups (broad SMARTS) is 1. The molecule has 2 heterocycles. The zero-order valence-corrected chi connectivity index (χ0v) is 18.4. The number of nitrogens with one attached hydrogen (secondary N) is 1. The third-order valence-corrected chi connectivity index (χ3v) is 6.04. The number of rotatable bonds is 8. The van der Waals surface area contributed by atoms with Crippen molar-refractivity contribution in [1.82, 2.24) is 9.78 Å². The lowest BCUT2D eigenvalue weighted by atomic mass is 10.1. The minimum absolute atomic E-state index is 0.129. The highest BCUT2D eigenvalue weighted by atomic mass is 32.1. The predicted molar refractivity (Wildman–Crippen MR) is 120 cm³/mol. The van der Waals surface area contributed by atoms with Crippen molar-refractivity contribution >= 4 is 34.6 Å². The normalized spacial score (nSPS) is 10.8. The summed E-state index contributed by atoms with van der Waals surface area (Å²) in [5.74, 6) is -1.29. The van der Waals surface area contributed by atoms with Crippen molar-refractivity contribution in [3.8, 4) is 0 Å². The van der Waals surface area contributed by atoms with Gasteiger partial charge in [-0.1, -0.05) is 6.07 Å². The van der Waals surface area contributed by atoms with Crippen LogP contribution in [0.15, 0.2) is 35.7 Å². The SMILES string of the molecule is CCn1nc(C)c(CCN(C)c2ccc(C(=O)O)cc2NC(=O)c2cccs2)c1C. The van der Waals surface area contributed by atoms with E-state index >= 15 is 0 Å². The molecule has 0 fully saturated rings. The van der Waals surface area contributed by atoms with E-state index < -0.39 is 5.97 Å². The topological polar surface area (TPSA) is 87.5 Å². The van der Waals surface area contributed by atoms with Gasteiger partial charge in [0.2, 0.25) is 0 Å². The van der Waals surface area contributed by atoms with Gasteiger partial charge in [-0.25, -0.2) is 4.79 Å². The van der Waals surface area contributed by atoms with Crippen LogP contribution in [0.4, 0.5) is 11.4 Å². The fraction of sp³-hybridized carbons (Fsp3) is 0.318. The molecule has 0 radical (unpaired) electrons. The number of thiophene rings is 1. The lowest BCUT2D eigenvalue weighted by molar-refractivity contribution is 0.0696. The molecule has 0 bridgehead atoms. The number of aromatic carboxylic acids is 1. The molecule has 0 unspecified atom stereocenters. The summed E-state index contributed by atoms with van der Waals surface area (Å²) in [6.07, 6.45) is 0.799. The van der Waals surface area contributed by atoms with Crippen LogP contribution in [-0.2, 0) is 13.0 Å². The molecule has 0 saturated carbocycles. The molecule has 2 N–H and O–H groups in total. The van der Waals surface area contributed by atoms with Crippen molar-refractivity contribution in [2.24, 2.45) is 0 Å². The van der Waals surface area contributed by atoms with Crippen LogP contribution in [0.5, 0.6) is 0 Å². The van der Waals surface area contributed by atoms with Gasteiger partial charge in [-0.3, -0.25) is 9.48 Å². The summed E-state index contributed by atoms with van der Waals surface area (Å²) in [5, 5.41) is 18.6. The van der Waals surface area contributed by atoms with Crippen molar-refractivity contribution in [2.75, 3.05) is 23.8 Å². The maximum atomic E-state index is 12.6. The molecule has 1 aromatic carbocycles. The Balaban J connectivity index is 1.83. The first-order valence-electron chi connectivity index (χ1n) is 9.78. The van der Waals surface area contributed by atoms with E-state index in [4.69, 9.17) is 0 Å². The minimum atomic E-state index is -1.03. The summed E-state index contributed by atoms with van der Waals surface area (Å²) < 4.78 is 2.00. The molecular formula is C22H26N4O3S. The number of aryl methyl sites for hydroxylation is 2. The smallest absolute Gasteiger partial charge is 0.335 e. The molecule has 3 rings (SSSR count). The van der Waals surface area contributed by atoms with Gasteiger partial charge in [0.05, 0.1) is 27.5 Å². The molecule has 1 amide bonds.